The number of hydrogen-bond donors (Lipinski definition) is 0. The molecule has 1 aromatic rings. The predicted octanol–water partition coefficient (Wildman–Crippen LogP) is 3.22. The zero-order valence-corrected chi connectivity index (χ0v) is 11.2. The van der Waals surface area contributed by atoms with Gasteiger partial charge in [0.1, 0.15) is 0 Å². The van der Waals surface area contributed by atoms with Crippen LogP contribution >= 0.6 is 0 Å². The van der Waals surface area contributed by atoms with E-state index in [0.29, 0.717) is 6.42 Å². The third-order valence-electron chi connectivity index (χ3n) is 4.14. The molecule has 1 atom stereocenters. The van der Waals surface area contributed by atoms with Crippen molar-refractivity contribution in [1.82, 2.24) is 0 Å². The van der Waals surface area contributed by atoms with Gasteiger partial charge in [-0.25, -0.2) is 0 Å². The molecule has 0 amide bonds. The molecule has 0 spiro atoms. The lowest BCUT2D eigenvalue weighted by molar-refractivity contribution is -0.135. The van der Waals surface area contributed by atoms with Gasteiger partial charge in [-0.3, -0.25) is 9.59 Å². The molecule has 0 saturated carbocycles. The highest BCUT2D eigenvalue weighted by Gasteiger charge is 2.33. The normalized spacial score (nSPS) is 21.7. The van der Waals surface area contributed by atoms with Crippen molar-refractivity contribution in [3.63, 3.8) is 0 Å². The molecular formula is C16H20O2. The summed E-state index contributed by atoms with van der Waals surface area (Å²) in [6, 6.07) is 8.57. The Bertz CT molecular complexity index is 476. The summed E-state index contributed by atoms with van der Waals surface area (Å²) in [4.78, 5) is 22.2. The summed E-state index contributed by atoms with van der Waals surface area (Å²) in [6.45, 7) is 3.63. The number of carbonyl (C=O) groups is 2. The summed E-state index contributed by atoms with van der Waals surface area (Å²) in [6.07, 6.45) is 4.48. The van der Waals surface area contributed by atoms with Crippen LogP contribution in [-0.2, 0) is 21.4 Å². The molecule has 0 aromatic heterocycles. The van der Waals surface area contributed by atoms with E-state index in [1.165, 1.54) is 18.1 Å². The van der Waals surface area contributed by atoms with Crippen LogP contribution in [0.15, 0.2) is 24.3 Å². The summed E-state index contributed by atoms with van der Waals surface area (Å²) >= 11 is 0. The Morgan fingerprint density at radius 3 is 2.72 bits per heavy atom. The lowest BCUT2D eigenvalue weighted by atomic mass is 9.79. The van der Waals surface area contributed by atoms with Crippen molar-refractivity contribution in [3.05, 3.63) is 35.4 Å². The Labute approximate surface area is 108 Å². The van der Waals surface area contributed by atoms with Crippen LogP contribution in [0.2, 0.25) is 0 Å². The van der Waals surface area contributed by atoms with Crippen LogP contribution in [0.25, 0.3) is 0 Å². The third kappa shape index (κ3) is 2.53. The summed E-state index contributed by atoms with van der Waals surface area (Å²) in [5.74, 6) is -0.545. The molecule has 18 heavy (non-hydrogen) atoms. The first-order chi connectivity index (χ1) is 8.53. The fourth-order valence-electron chi connectivity index (χ4n) is 2.95. The molecule has 0 N–H and O–H groups in total. The molecule has 2 rings (SSSR count). The second-order valence-corrected chi connectivity index (χ2v) is 5.55. The van der Waals surface area contributed by atoms with Gasteiger partial charge in [0.05, 0.1) is 0 Å². The van der Waals surface area contributed by atoms with Crippen molar-refractivity contribution in [3.8, 4) is 0 Å². The molecule has 2 nitrogen and oxygen atoms in total. The van der Waals surface area contributed by atoms with Gasteiger partial charge in [0, 0.05) is 13.3 Å². The average Bonchev–Trinajstić information content (AvgIpc) is 2.68. The second-order valence-electron chi connectivity index (χ2n) is 5.55. The molecule has 1 aliphatic carbocycles. The topological polar surface area (TPSA) is 34.1 Å². The Balaban J connectivity index is 1.98. The molecule has 1 unspecified atom stereocenters. The molecule has 0 saturated heterocycles. The quantitative estimate of drug-likeness (QED) is 0.745. The van der Waals surface area contributed by atoms with Crippen molar-refractivity contribution in [1.29, 1.82) is 0 Å². The van der Waals surface area contributed by atoms with E-state index >= 15 is 0 Å². The smallest absolute Gasteiger partial charge is 0.198 e. The highest BCUT2D eigenvalue weighted by atomic mass is 16.2. The van der Waals surface area contributed by atoms with Crippen LogP contribution in [0.3, 0.4) is 0 Å². The largest absolute Gasteiger partial charge is 0.291 e. The SMILES string of the molecule is CC(=O)C(=O)CCCC1(C)CCc2ccccc21. The molecule has 96 valence electrons. The number of fused-ring (bicyclic) bond motifs is 1. The minimum Gasteiger partial charge on any atom is -0.291 e. The van der Waals surface area contributed by atoms with Gasteiger partial charge < -0.3 is 0 Å². The van der Waals surface area contributed by atoms with E-state index < -0.39 is 0 Å². The van der Waals surface area contributed by atoms with Gasteiger partial charge in [-0.1, -0.05) is 31.2 Å². The van der Waals surface area contributed by atoms with Gasteiger partial charge >= 0.3 is 0 Å². The van der Waals surface area contributed by atoms with Gasteiger partial charge in [0.2, 0.25) is 0 Å². The zero-order valence-electron chi connectivity index (χ0n) is 11.2. The Kier molecular flexibility index (Phi) is 3.65. The number of ketones is 2. The van der Waals surface area contributed by atoms with Crippen LogP contribution in [0.5, 0.6) is 0 Å². The van der Waals surface area contributed by atoms with Gasteiger partial charge in [-0.2, -0.15) is 0 Å². The first kappa shape index (κ1) is 13.0. The van der Waals surface area contributed by atoms with Gasteiger partial charge in [0.15, 0.2) is 11.6 Å². The molecular weight excluding hydrogens is 224 g/mol. The van der Waals surface area contributed by atoms with E-state index in [2.05, 4.69) is 31.2 Å². The standard InChI is InChI=1S/C16H20O2/c1-12(17)15(18)8-5-10-16(2)11-9-13-6-3-4-7-14(13)16/h3-4,6-7H,5,8-11H2,1-2H3. The monoisotopic (exact) mass is 244 g/mol. The summed E-state index contributed by atoms with van der Waals surface area (Å²) in [5, 5.41) is 0. The Hall–Kier alpha value is -1.44. The number of hydrogen-bond acceptors (Lipinski definition) is 2. The van der Waals surface area contributed by atoms with Crippen LogP contribution in [0.1, 0.15) is 50.7 Å². The Morgan fingerprint density at radius 1 is 1.28 bits per heavy atom. The van der Waals surface area contributed by atoms with Crippen LogP contribution in [0, 0.1) is 0 Å². The number of Topliss-reactive ketones (excluding diaryl/α,β-unsaturated/α-hetero) is 2. The predicted molar refractivity (Wildman–Crippen MR) is 71.7 cm³/mol. The van der Waals surface area contributed by atoms with E-state index in [-0.39, 0.29) is 17.0 Å². The highest BCUT2D eigenvalue weighted by Crippen LogP contribution is 2.42. The van der Waals surface area contributed by atoms with Crippen molar-refractivity contribution < 1.29 is 9.59 Å². The Morgan fingerprint density at radius 2 is 2.00 bits per heavy atom. The van der Waals surface area contributed by atoms with E-state index in [1.807, 2.05) is 0 Å². The molecule has 1 aromatic carbocycles. The second kappa shape index (κ2) is 5.05. The van der Waals surface area contributed by atoms with Crippen molar-refractivity contribution in [2.24, 2.45) is 0 Å². The van der Waals surface area contributed by atoms with Crippen molar-refractivity contribution >= 4 is 11.6 Å². The molecule has 0 fully saturated rings. The zero-order chi connectivity index (χ0) is 13.2. The fourth-order valence-corrected chi connectivity index (χ4v) is 2.95. The lowest BCUT2D eigenvalue weighted by Gasteiger charge is -2.25. The number of carbonyl (C=O) groups excluding carboxylic acids is 2. The summed E-state index contributed by atoms with van der Waals surface area (Å²) in [5.41, 5.74) is 3.06. The van der Waals surface area contributed by atoms with E-state index in [9.17, 15) is 9.59 Å². The van der Waals surface area contributed by atoms with Crippen LogP contribution < -0.4 is 0 Å². The van der Waals surface area contributed by atoms with Crippen LogP contribution in [0.4, 0.5) is 0 Å². The molecule has 0 radical (unpaired) electrons. The van der Waals surface area contributed by atoms with Crippen molar-refractivity contribution in [2.75, 3.05) is 0 Å². The van der Waals surface area contributed by atoms with E-state index in [4.69, 9.17) is 0 Å². The maximum Gasteiger partial charge on any atom is 0.198 e. The van der Waals surface area contributed by atoms with Crippen LogP contribution in [-0.4, -0.2) is 11.6 Å². The number of benzene rings is 1. The number of aryl methyl sites for hydroxylation is 1. The highest BCUT2D eigenvalue weighted by molar-refractivity contribution is 6.36. The van der Waals surface area contributed by atoms with Gasteiger partial charge in [-0.05, 0) is 42.2 Å². The number of rotatable bonds is 5. The van der Waals surface area contributed by atoms with Crippen molar-refractivity contribution in [2.45, 2.75) is 51.4 Å². The average molecular weight is 244 g/mol. The van der Waals surface area contributed by atoms with Gasteiger partial charge in [-0.15, -0.1) is 0 Å². The first-order valence-corrected chi connectivity index (χ1v) is 6.65. The maximum atomic E-state index is 11.3. The first-order valence-electron chi connectivity index (χ1n) is 6.65. The van der Waals surface area contributed by atoms with E-state index in [1.54, 1.807) is 0 Å². The van der Waals surface area contributed by atoms with E-state index in [0.717, 1.165) is 25.7 Å². The van der Waals surface area contributed by atoms with Gasteiger partial charge in [0.25, 0.3) is 0 Å². The molecule has 0 heterocycles. The minimum atomic E-state index is -0.313. The molecule has 0 bridgehead atoms. The fraction of sp³-hybridized carbons (Fsp3) is 0.500. The maximum absolute atomic E-state index is 11.3. The summed E-state index contributed by atoms with van der Waals surface area (Å²) < 4.78 is 0. The molecule has 2 heteroatoms. The molecule has 1 aliphatic rings. The molecule has 0 aliphatic heterocycles. The minimum absolute atomic E-state index is 0.188. The lowest BCUT2D eigenvalue weighted by Crippen LogP contribution is -2.19. The summed E-state index contributed by atoms with van der Waals surface area (Å²) in [7, 11) is 0. The third-order valence-corrected chi connectivity index (χ3v) is 4.14.